The average molecular weight is 1300 g/mol. The molecule has 1 aromatic heterocycles. The molecule has 4 aromatic carbocycles. The molecule has 0 saturated carbocycles. The van der Waals surface area contributed by atoms with Crippen LogP contribution in [-0.4, -0.2) is 229 Å². The fraction of sp³-hybridized carbons (Fsp3) is 0.476. The third-order valence-corrected chi connectivity index (χ3v) is 17.1. The van der Waals surface area contributed by atoms with Crippen LogP contribution in [0.4, 0.5) is 0 Å². The monoisotopic (exact) mass is 1300 g/mol. The van der Waals surface area contributed by atoms with E-state index in [9.17, 15) is 69.3 Å². The maximum absolute atomic E-state index is 14.7. The average Bonchev–Trinajstić information content (AvgIpc) is 1.70. The molecule has 3 saturated heterocycles. The van der Waals surface area contributed by atoms with Crippen LogP contribution in [0.25, 0.3) is 32.3 Å². The first-order valence-electron chi connectivity index (χ1n) is 30.5. The molecule has 13 atom stereocenters. The Morgan fingerprint density at radius 1 is 0.696 bits per heavy atom. The zero-order valence-electron chi connectivity index (χ0n) is 51.1. The van der Waals surface area contributed by atoms with Gasteiger partial charge in [0, 0.05) is 68.1 Å². The molecule has 0 radical (unpaired) electrons. The van der Waals surface area contributed by atoms with E-state index < -0.39 is 152 Å². The van der Waals surface area contributed by atoms with Gasteiger partial charge in [0.05, 0.1) is 49.8 Å². The van der Waals surface area contributed by atoms with E-state index >= 15 is 0 Å². The number of aliphatic hydroxyl groups excluding tert-OH is 6. The molecule has 7 amide bonds. The summed E-state index contributed by atoms with van der Waals surface area (Å²) >= 11 is 1.31. The van der Waals surface area contributed by atoms with Crippen LogP contribution in [0.1, 0.15) is 62.4 Å². The molecular formula is C63H81N11O17S. The number of hydrogen-bond acceptors (Lipinski definition) is 22. The molecule has 5 aromatic rings. The molecule has 3 aliphatic heterocycles. The van der Waals surface area contributed by atoms with Crippen molar-refractivity contribution in [3.8, 4) is 49.5 Å². The normalized spacial score (nSPS) is 24.6. The number of nitrogens with zero attached hydrogens (tertiary/aromatic N) is 4. The van der Waals surface area contributed by atoms with Gasteiger partial charge < -0.3 is 97.8 Å². The van der Waals surface area contributed by atoms with Crippen molar-refractivity contribution in [2.75, 3.05) is 59.2 Å². The Hall–Kier alpha value is -8.23. The van der Waals surface area contributed by atoms with E-state index in [0.717, 1.165) is 39.2 Å². The van der Waals surface area contributed by atoms with Crippen molar-refractivity contribution in [2.24, 2.45) is 17.4 Å². The summed E-state index contributed by atoms with van der Waals surface area (Å²) in [7, 11) is 0. The molecule has 92 heavy (non-hydrogen) atoms. The SMILES string of the molecule is CCOCCOc1ccc(-c2ccc(-c3nnc(-c4ccc(C(=O)N[C@H]5C[C@@H](O)CNC(=O)[C@@H]6[C@@H](O)[C@@H](C)CN6C(=O)[C@H]([C@H](O)CCN)NC(=O)[C@H]([C@H](O)Cc6ccc(O)c(OCCCN)c6)NC(=O)[C@@H]6C[C@@H](O)CN6C(=O)[C@H]([C@@H](C)O)NC5=O)cc4)s3)cc2)cc1. The molecule has 0 bridgehead atoms. The summed E-state index contributed by atoms with van der Waals surface area (Å²) in [6.45, 7) is 4.85. The molecule has 496 valence electrons. The highest BCUT2D eigenvalue weighted by molar-refractivity contribution is 7.17. The second-order valence-electron chi connectivity index (χ2n) is 23.0. The minimum absolute atomic E-state index is 0.00138. The molecule has 4 heterocycles. The standard InChI is InChI=1S/C63H81N11O17S/c1-4-89-24-25-90-43-17-15-37(16-18-43)36-7-11-39(12-8-36)60-71-72-61(92-60)40-13-9-38(10-14-40)55(82)67-44-28-41(76)30-66-59(86)53-54(81)33(2)31-74(53)63(88)52(47(79)20-22-65)70-58(85)51(48(80)26-35-6-19-46(78)49(27-35)91-23-5-21-64)69-57(84)45-29-42(77)32-73(45)62(87)50(34(3)75)68-56(44)83/h6-19,27,33-34,41-42,44-45,47-48,50-54,75-81H,4-5,20-26,28-32,64-65H2,1-3H3,(H,66,86)(H,67,82)(H,68,83)(H,69,84)(H,70,85)/t33-,34+,41+,42+,44-,45-,47+,48+,50-,51-,52-,53-,54-/m0/s1. The Labute approximate surface area is 534 Å². The summed E-state index contributed by atoms with van der Waals surface area (Å²) in [5, 5.41) is 101. The van der Waals surface area contributed by atoms with E-state index in [1.54, 1.807) is 12.1 Å². The van der Waals surface area contributed by atoms with E-state index in [-0.39, 0.29) is 55.3 Å². The van der Waals surface area contributed by atoms with Gasteiger partial charge in [0.1, 0.15) is 58.6 Å². The summed E-state index contributed by atoms with van der Waals surface area (Å²) in [4.78, 5) is 103. The van der Waals surface area contributed by atoms with Crippen molar-refractivity contribution in [2.45, 2.75) is 126 Å². The number of phenols is 1. The number of carbonyl (C=O) groups excluding carboxylic acids is 7. The van der Waals surface area contributed by atoms with Crippen molar-refractivity contribution in [3.63, 3.8) is 0 Å². The molecule has 0 spiro atoms. The molecule has 0 aliphatic carbocycles. The van der Waals surface area contributed by atoms with Gasteiger partial charge in [-0.2, -0.15) is 0 Å². The van der Waals surface area contributed by atoms with Crippen molar-refractivity contribution < 1.29 is 83.5 Å². The number of aromatic nitrogens is 2. The highest BCUT2D eigenvalue weighted by atomic mass is 32.1. The van der Waals surface area contributed by atoms with Crippen LogP contribution >= 0.6 is 11.3 Å². The number of rotatable bonds is 21. The van der Waals surface area contributed by atoms with E-state index in [1.807, 2.05) is 55.5 Å². The zero-order chi connectivity index (χ0) is 66.3. The lowest BCUT2D eigenvalue weighted by atomic mass is 9.98. The van der Waals surface area contributed by atoms with Crippen LogP contribution in [-0.2, 0) is 39.9 Å². The number of ether oxygens (including phenoxy) is 3. The Bertz CT molecular complexity index is 3340. The topological polar surface area (TPSA) is 433 Å². The molecule has 8 rings (SSSR count). The number of aromatic hydroxyl groups is 1. The number of carbonyl (C=O) groups is 7. The van der Waals surface area contributed by atoms with Crippen LogP contribution in [0.15, 0.2) is 91.0 Å². The second-order valence-corrected chi connectivity index (χ2v) is 24.0. The number of nitrogens with one attached hydrogen (secondary N) is 5. The third kappa shape index (κ3) is 17.5. The minimum Gasteiger partial charge on any atom is -0.504 e. The van der Waals surface area contributed by atoms with Gasteiger partial charge in [-0.15, -0.1) is 10.2 Å². The zero-order valence-corrected chi connectivity index (χ0v) is 51.9. The van der Waals surface area contributed by atoms with Crippen LogP contribution in [0, 0.1) is 5.92 Å². The van der Waals surface area contributed by atoms with Gasteiger partial charge >= 0.3 is 0 Å². The summed E-state index contributed by atoms with van der Waals surface area (Å²) in [5.41, 5.74) is 15.1. The van der Waals surface area contributed by atoms with Crippen molar-refractivity contribution in [3.05, 3.63) is 102 Å². The number of amides is 7. The number of fused-ring (bicyclic) bond motifs is 2. The molecule has 3 fully saturated rings. The van der Waals surface area contributed by atoms with E-state index in [4.69, 9.17) is 25.7 Å². The number of hydrogen-bond donors (Lipinski definition) is 14. The molecule has 29 heteroatoms. The first-order valence-corrected chi connectivity index (χ1v) is 31.3. The largest absolute Gasteiger partial charge is 0.504 e. The summed E-state index contributed by atoms with van der Waals surface area (Å²) < 4.78 is 16.7. The van der Waals surface area contributed by atoms with Crippen LogP contribution < -0.4 is 47.5 Å². The number of phenolic OH excluding ortho intramolecular Hbond substituents is 1. The Balaban J connectivity index is 1.05. The molecule has 3 aliphatic rings. The second kappa shape index (κ2) is 32.4. The lowest BCUT2D eigenvalue weighted by molar-refractivity contribution is -0.147. The Morgan fingerprint density at radius 3 is 1.96 bits per heavy atom. The van der Waals surface area contributed by atoms with Gasteiger partial charge in [-0.1, -0.05) is 72.9 Å². The highest BCUT2D eigenvalue weighted by Gasteiger charge is 2.50. The van der Waals surface area contributed by atoms with Crippen LogP contribution in [0.2, 0.25) is 0 Å². The van der Waals surface area contributed by atoms with Crippen molar-refractivity contribution in [1.82, 2.24) is 46.6 Å². The highest BCUT2D eigenvalue weighted by Crippen LogP contribution is 2.33. The summed E-state index contributed by atoms with van der Waals surface area (Å²) in [6.07, 6.45) is -11.5. The Morgan fingerprint density at radius 2 is 1.32 bits per heavy atom. The van der Waals surface area contributed by atoms with E-state index in [0.29, 0.717) is 41.8 Å². The number of β-amino-alcohol motifs (C(OH)–C–C–N with tert-alkyl or cyclic N) is 1. The van der Waals surface area contributed by atoms with Crippen LogP contribution in [0.5, 0.6) is 17.2 Å². The van der Waals surface area contributed by atoms with Gasteiger partial charge in [-0.25, -0.2) is 0 Å². The fourth-order valence-electron chi connectivity index (χ4n) is 11.1. The smallest absolute Gasteiger partial charge is 0.251 e. The molecular weight excluding hydrogens is 1210 g/mol. The van der Waals surface area contributed by atoms with Crippen molar-refractivity contribution >= 4 is 52.7 Å². The summed E-state index contributed by atoms with van der Waals surface area (Å²) in [6, 6.07) is 14.7. The number of benzene rings is 4. The van der Waals surface area contributed by atoms with Gasteiger partial charge in [0.15, 0.2) is 11.5 Å². The predicted octanol–water partition coefficient (Wildman–Crippen LogP) is -1.32. The molecule has 16 N–H and O–H groups in total. The van der Waals surface area contributed by atoms with Crippen LogP contribution in [0.3, 0.4) is 0 Å². The maximum Gasteiger partial charge on any atom is 0.251 e. The molecule has 28 nitrogen and oxygen atoms in total. The Kier molecular flexibility index (Phi) is 24.5. The maximum atomic E-state index is 14.7. The minimum atomic E-state index is -2.04. The number of aliphatic hydroxyl groups is 6. The van der Waals surface area contributed by atoms with E-state index in [2.05, 4.69) is 36.8 Å². The van der Waals surface area contributed by atoms with Gasteiger partial charge in [-0.3, -0.25) is 33.6 Å². The molecule has 0 unspecified atom stereocenters. The summed E-state index contributed by atoms with van der Waals surface area (Å²) in [5.74, 6) is -7.89. The van der Waals surface area contributed by atoms with Gasteiger partial charge in [0.25, 0.3) is 5.91 Å². The fourth-order valence-corrected chi connectivity index (χ4v) is 11.9. The number of nitrogens with two attached hydrogens (primary N) is 2. The lowest BCUT2D eigenvalue weighted by Crippen LogP contribution is -2.64. The van der Waals surface area contributed by atoms with E-state index in [1.165, 1.54) is 48.6 Å². The third-order valence-electron chi connectivity index (χ3n) is 16.1. The quantitative estimate of drug-likeness (QED) is 0.0379. The lowest BCUT2D eigenvalue weighted by Gasteiger charge is -2.34. The first kappa shape index (κ1) is 69.7. The van der Waals surface area contributed by atoms with Gasteiger partial charge in [0.2, 0.25) is 35.4 Å². The van der Waals surface area contributed by atoms with Gasteiger partial charge in [-0.05, 0) is 92.9 Å². The predicted molar refractivity (Wildman–Crippen MR) is 334 cm³/mol. The first-order chi connectivity index (χ1) is 44.1. The van der Waals surface area contributed by atoms with Crippen molar-refractivity contribution in [1.29, 1.82) is 0 Å².